The molecule has 2 heterocycles. The largest absolute Gasteiger partial charge is 0.339 e. The van der Waals surface area contributed by atoms with Crippen molar-refractivity contribution in [1.29, 1.82) is 0 Å². The summed E-state index contributed by atoms with van der Waals surface area (Å²) < 4.78 is 5.30. The highest BCUT2D eigenvalue weighted by molar-refractivity contribution is 5.95. The summed E-state index contributed by atoms with van der Waals surface area (Å²) in [5.41, 5.74) is 1.56. The topological polar surface area (TPSA) is 110 Å². The summed E-state index contributed by atoms with van der Waals surface area (Å²) in [6.07, 6.45) is 4.49. The number of carbonyl (C=O) groups is 1. The van der Waals surface area contributed by atoms with Crippen LogP contribution in [0.4, 0.5) is 5.69 Å². The highest BCUT2D eigenvalue weighted by Gasteiger charge is 2.46. The van der Waals surface area contributed by atoms with Crippen LogP contribution in [0.3, 0.4) is 0 Å². The van der Waals surface area contributed by atoms with Crippen LogP contribution in [0.15, 0.2) is 35.1 Å². The lowest BCUT2D eigenvalue weighted by atomic mass is 10.2. The molecule has 2 aliphatic carbocycles. The highest BCUT2D eigenvalue weighted by atomic mass is 16.5. The summed E-state index contributed by atoms with van der Waals surface area (Å²) in [5.74, 6) is 2.51. The Morgan fingerprint density at radius 3 is 3.04 bits per heavy atom. The van der Waals surface area contributed by atoms with E-state index in [2.05, 4.69) is 30.6 Å². The average molecular weight is 336 g/mol. The molecule has 0 bridgehead atoms. The number of aromatic amines is 1. The second kappa shape index (κ2) is 5.51. The first-order chi connectivity index (χ1) is 12.3. The zero-order chi connectivity index (χ0) is 16.8. The molecule has 0 spiro atoms. The van der Waals surface area contributed by atoms with Gasteiger partial charge in [-0.1, -0.05) is 17.3 Å². The Kier molecular flexibility index (Phi) is 3.16. The van der Waals surface area contributed by atoms with Gasteiger partial charge in [0.1, 0.15) is 12.2 Å². The summed E-state index contributed by atoms with van der Waals surface area (Å²) >= 11 is 0. The van der Waals surface area contributed by atoms with Crippen LogP contribution >= 0.6 is 0 Å². The van der Waals surface area contributed by atoms with Gasteiger partial charge in [-0.2, -0.15) is 10.1 Å². The van der Waals surface area contributed by atoms with Gasteiger partial charge in [-0.3, -0.25) is 9.89 Å². The van der Waals surface area contributed by atoms with Crippen LogP contribution in [0, 0.1) is 5.92 Å². The zero-order valence-electron chi connectivity index (χ0n) is 13.3. The van der Waals surface area contributed by atoms with E-state index in [0.29, 0.717) is 17.6 Å². The van der Waals surface area contributed by atoms with Crippen molar-refractivity contribution in [2.75, 3.05) is 5.32 Å². The van der Waals surface area contributed by atoms with Crippen LogP contribution in [0.5, 0.6) is 0 Å². The number of H-pyrrole nitrogens is 1. The average Bonchev–Trinajstić information content (AvgIpc) is 3.53. The third-order valence-electron chi connectivity index (χ3n) is 4.67. The van der Waals surface area contributed by atoms with E-state index in [1.807, 2.05) is 24.3 Å². The van der Waals surface area contributed by atoms with Crippen LogP contribution in [-0.4, -0.2) is 31.2 Å². The predicted octanol–water partition coefficient (Wildman–Crippen LogP) is 2.47. The van der Waals surface area contributed by atoms with Gasteiger partial charge >= 0.3 is 0 Å². The molecule has 8 nitrogen and oxygen atoms in total. The normalized spacial score (nSPS) is 21.9. The van der Waals surface area contributed by atoms with E-state index in [9.17, 15) is 4.79 Å². The van der Waals surface area contributed by atoms with Crippen LogP contribution in [0.2, 0.25) is 0 Å². The number of carbonyl (C=O) groups excluding carboxylic acids is 1. The van der Waals surface area contributed by atoms with Gasteiger partial charge in [-0.25, -0.2) is 4.98 Å². The number of benzene rings is 1. The number of amides is 1. The van der Waals surface area contributed by atoms with Crippen molar-refractivity contribution >= 4 is 11.6 Å². The second-order valence-corrected chi connectivity index (χ2v) is 6.62. The van der Waals surface area contributed by atoms with Gasteiger partial charge in [0.25, 0.3) is 0 Å². The molecule has 25 heavy (non-hydrogen) atoms. The van der Waals surface area contributed by atoms with Gasteiger partial charge in [0.2, 0.25) is 17.6 Å². The van der Waals surface area contributed by atoms with Gasteiger partial charge in [0, 0.05) is 29.0 Å². The maximum absolute atomic E-state index is 12.4. The highest BCUT2D eigenvalue weighted by Crippen LogP contribution is 2.46. The molecule has 0 saturated heterocycles. The molecule has 2 aromatic heterocycles. The Balaban J connectivity index is 1.29. The first kappa shape index (κ1) is 14.3. The van der Waals surface area contributed by atoms with Crippen LogP contribution in [0.25, 0.3) is 11.4 Å². The molecule has 5 rings (SSSR count). The number of hydrogen-bond donors (Lipinski definition) is 2. The lowest BCUT2D eigenvalue weighted by molar-refractivity contribution is -0.117. The third-order valence-corrected chi connectivity index (χ3v) is 4.67. The van der Waals surface area contributed by atoms with Gasteiger partial charge in [-0.05, 0) is 31.4 Å². The Bertz CT molecular complexity index is 915. The number of hydrogen-bond acceptors (Lipinski definition) is 6. The Hall–Kier alpha value is -3.03. The molecule has 1 amide bonds. The van der Waals surface area contributed by atoms with Crippen molar-refractivity contribution in [1.82, 2.24) is 25.3 Å². The number of nitrogens with zero attached hydrogens (tertiary/aromatic N) is 4. The Morgan fingerprint density at radius 2 is 2.24 bits per heavy atom. The SMILES string of the molecule is O=C(Nc1cccc(-c2noc(C3CC3)n2)c1)C1CC1c1ncn[nH]1. The summed E-state index contributed by atoms with van der Waals surface area (Å²) in [6.45, 7) is 0. The van der Waals surface area contributed by atoms with E-state index >= 15 is 0 Å². The molecule has 126 valence electrons. The fraction of sp³-hybridized carbons (Fsp3) is 0.353. The van der Waals surface area contributed by atoms with Crippen LogP contribution in [-0.2, 0) is 4.79 Å². The lowest BCUT2D eigenvalue weighted by Crippen LogP contribution is -2.14. The van der Waals surface area contributed by atoms with E-state index in [-0.39, 0.29) is 17.7 Å². The molecule has 2 N–H and O–H groups in total. The maximum atomic E-state index is 12.4. The number of rotatable bonds is 5. The molecule has 0 radical (unpaired) electrons. The number of anilines is 1. The van der Waals surface area contributed by atoms with Gasteiger partial charge in [0.05, 0.1) is 0 Å². The molecular weight excluding hydrogens is 320 g/mol. The Labute approximate surface area is 143 Å². The zero-order valence-corrected chi connectivity index (χ0v) is 13.3. The fourth-order valence-electron chi connectivity index (χ4n) is 3.00. The third kappa shape index (κ3) is 2.79. The standard InChI is InChI=1S/C17H16N6O2/c24-16(13-7-12(13)15-18-8-19-22-15)20-11-3-1-2-10(6-11)14-21-17(25-23-14)9-4-5-9/h1-3,6,8-9,12-13H,4-5,7H2,(H,20,24)(H,18,19,22). The van der Waals surface area contributed by atoms with Crippen LogP contribution < -0.4 is 5.32 Å². The van der Waals surface area contributed by atoms with Crippen molar-refractivity contribution in [3.05, 3.63) is 42.3 Å². The molecule has 0 aliphatic heterocycles. The van der Waals surface area contributed by atoms with Crippen molar-refractivity contribution in [3.8, 4) is 11.4 Å². The minimum atomic E-state index is -0.0664. The first-order valence-corrected chi connectivity index (χ1v) is 8.38. The van der Waals surface area contributed by atoms with E-state index in [0.717, 1.165) is 36.3 Å². The monoisotopic (exact) mass is 336 g/mol. The van der Waals surface area contributed by atoms with Crippen molar-refractivity contribution in [3.63, 3.8) is 0 Å². The van der Waals surface area contributed by atoms with Crippen molar-refractivity contribution in [2.24, 2.45) is 5.92 Å². The summed E-state index contributed by atoms with van der Waals surface area (Å²) in [6, 6.07) is 7.50. The maximum Gasteiger partial charge on any atom is 0.230 e. The minimum Gasteiger partial charge on any atom is -0.339 e. The quantitative estimate of drug-likeness (QED) is 0.740. The van der Waals surface area contributed by atoms with Gasteiger partial charge < -0.3 is 9.84 Å². The summed E-state index contributed by atoms with van der Waals surface area (Å²) in [4.78, 5) is 21.0. The molecule has 1 aromatic carbocycles. The van der Waals surface area contributed by atoms with Gasteiger partial charge in [0.15, 0.2) is 0 Å². The first-order valence-electron chi connectivity index (χ1n) is 8.38. The predicted molar refractivity (Wildman–Crippen MR) is 87.6 cm³/mol. The molecule has 2 fully saturated rings. The van der Waals surface area contributed by atoms with E-state index in [1.54, 1.807) is 0 Å². The minimum absolute atomic E-state index is 0.00895. The second-order valence-electron chi connectivity index (χ2n) is 6.62. The summed E-state index contributed by atoms with van der Waals surface area (Å²) in [5, 5.41) is 13.7. The summed E-state index contributed by atoms with van der Waals surface area (Å²) in [7, 11) is 0. The smallest absolute Gasteiger partial charge is 0.230 e. The molecule has 2 unspecified atom stereocenters. The lowest BCUT2D eigenvalue weighted by Gasteiger charge is -2.05. The van der Waals surface area contributed by atoms with E-state index in [1.165, 1.54) is 6.33 Å². The van der Waals surface area contributed by atoms with Crippen LogP contribution in [0.1, 0.15) is 42.8 Å². The Morgan fingerprint density at radius 1 is 1.32 bits per heavy atom. The van der Waals surface area contributed by atoms with E-state index < -0.39 is 0 Å². The van der Waals surface area contributed by atoms with E-state index in [4.69, 9.17) is 4.52 Å². The molecular formula is C17H16N6O2. The molecule has 2 atom stereocenters. The molecule has 2 aliphatic rings. The molecule has 3 aromatic rings. The number of nitrogens with one attached hydrogen (secondary N) is 2. The van der Waals surface area contributed by atoms with Crippen molar-refractivity contribution < 1.29 is 9.32 Å². The fourth-order valence-corrected chi connectivity index (χ4v) is 3.00. The molecule has 2 saturated carbocycles. The molecule has 8 heteroatoms. The van der Waals surface area contributed by atoms with Gasteiger partial charge in [-0.15, -0.1) is 0 Å². The van der Waals surface area contributed by atoms with Crippen molar-refractivity contribution in [2.45, 2.75) is 31.1 Å². The number of aromatic nitrogens is 5.